The highest BCUT2D eigenvalue weighted by Gasteiger charge is 2.53. The van der Waals surface area contributed by atoms with E-state index in [9.17, 15) is 0 Å². The third-order valence-corrected chi connectivity index (χ3v) is 5.14. The van der Waals surface area contributed by atoms with Gasteiger partial charge in [0, 0.05) is 31.1 Å². The monoisotopic (exact) mass is 279 g/mol. The summed E-state index contributed by atoms with van der Waals surface area (Å²) < 4.78 is 5.33. The van der Waals surface area contributed by atoms with Crippen molar-refractivity contribution in [2.75, 3.05) is 33.4 Å². The fraction of sp³-hybridized carbons (Fsp3) is 0.812. The topological polar surface area (TPSA) is 36.9 Å². The van der Waals surface area contributed by atoms with Gasteiger partial charge in [0.15, 0.2) is 5.96 Å². The van der Waals surface area contributed by atoms with Gasteiger partial charge in [0.1, 0.15) is 0 Å². The third-order valence-electron chi connectivity index (χ3n) is 5.14. The number of nitrogens with zero attached hydrogens (tertiary/aromatic N) is 2. The predicted molar refractivity (Wildman–Crippen MR) is 84.1 cm³/mol. The van der Waals surface area contributed by atoms with Crippen LogP contribution in [0.2, 0.25) is 0 Å². The van der Waals surface area contributed by atoms with Crippen LogP contribution < -0.4 is 5.32 Å². The SMILES string of the molecule is CN=C(NCCC1=CCOCC1)N1CC(C)(C)C1(C)C. The average molecular weight is 279 g/mol. The second kappa shape index (κ2) is 5.76. The van der Waals surface area contributed by atoms with Crippen molar-refractivity contribution in [3.05, 3.63) is 11.6 Å². The molecule has 4 heteroatoms. The van der Waals surface area contributed by atoms with Crippen molar-refractivity contribution in [1.29, 1.82) is 0 Å². The van der Waals surface area contributed by atoms with Crippen LogP contribution in [0.15, 0.2) is 16.6 Å². The molecule has 0 radical (unpaired) electrons. The molecule has 0 bridgehead atoms. The fourth-order valence-corrected chi connectivity index (χ4v) is 2.82. The molecule has 0 amide bonds. The summed E-state index contributed by atoms with van der Waals surface area (Å²) in [7, 11) is 1.87. The van der Waals surface area contributed by atoms with E-state index in [1.165, 1.54) is 5.57 Å². The van der Waals surface area contributed by atoms with Crippen LogP contribution in [0.3, 0.4) is 0 Å². The summed E-state index contributed by atoms with van der Waals surface area (Å²) in [6.07, 6.45) is 4.37. The molecule has 0 aromatic heterocycles. The molecule has 0 spiro atoms. The van der Waals surface area contributed by atoms with Gasteiger partial charge in [-0.25, -0.2) is 0 Å². The van der Waals surface area contributed by atoms with Crippen molar-refractivity contribution in [3.8, 4) is 0 Å². The highest BCUT2D eigenvalue weighted by atomic mass is 16.5. The Morgan fingerprint density at radius 3 is 2.65 bits per heavy atom. The molecule has 4 nitrogen and oxygen atoms in total. The molecule has 0 atom stereocenters. The van der Waals surface area contributed by atoms with E-state index >= 15 is 0 Å². The molecule has 2 aliphatic heterocycles. The van der Waals surface area contributed by atoms with Crippen LogP contribution >= 0.6 is 0 Å². The first-order valence-electron chi connectivity index (χ1n) is 7.62. The average Bonchev–Trinajstić information content (AvgIpc) is 2.43. The number of ether oxygens (including phenoxy) is 1. The van der Waals surface area contributed by atoms with Gasteiger partial charge in [-0.3, -0.25) is 4.99 Å². The molecule has 0 aromatic rings. The third kappa shape index (κ3) is 2.85. The Kier molecular flexibility index (Phi) is 4.43. The Bertz CT molecular complexity index is 410. The minimum absolute atomic E-state index is 0.160. The summed E-state index contributed by atoms with van der Waals surface area (Å²) >= 11 is 0. The Balaban J connectivity index is 1.84. The lowest BCUT2D eigenvalue weighted by Gasteiger charge is -2.62. The molecular formula is C16H29N3O. The molecule has 114 valence electrons. The molecular weight excluding hydrogens is 250 g/mol. The summed E-state index contributed by atoms with van der Waals surface area (Å²) in [6.45, 7) is 12.9. The standard InChI is InChI=1S/C16H29N3O/c1-15(2)12-19(16(15,3)4)14(17-5)18-9-6-13-7-10-20-11-8-13/h7H,6,8-12H2,1-5H3,(H,17,18). The molecule has 1 N–H and O–H groups in total. The Morgan fingerprint density at radius 2 is 2.15 bits per heavy atom. The molecule has 2 aliphatic rings. The van der Waals surface area contributed by atoms with Crippen LogP contribution in [0.25, 0.3) is 0 Å². The second-order valence-electron chi connectivity index (χ2n) is 6.94. The minimum atomic E-state index is 0.160. The maximum atomic E-state index is 5.33. The molecule has 0 unspecified atom stereocenters. The van der Waals surface area contributed by atoms with Gasteiger partial charge in [0.05, 0.1) is 13.2 Å². The number of hydrogen-bond acceptors (Lipinski definition) is 2. The molecule has 0 saturated carbocycles. The van der Waals surface area contributed by atoms with Gasteiger partial charge in [0.25, 0.3) is 0 Å². The Morgan fingerprint density at radius 1 is 1.40 bits per heavy atom. The second-order valence-corrected chi connectivity index (χ2v) is 6.94. The predicted octanol–water partition coefficient (Wildman–Crippen LogP) is 2.42. The van der Waals surface area contributed by atoms with E-state index in [2.05, 4.69) is 49.0 Å². The smallest absolute Gasteiger partial charge is 0.194 e. The highest BCUT2D eigenvalue weighted by Crippen LogP contribution is 2.46. The summed E-state index contributed by atoms with van der Waals surface area (Å²) in [6, 6.07) is 0. The van der Waals surface area contributed by atoms with Crippen LogP contribution in [0.5, 0.6) is 0 Å². The zero-order valence-electron chi connectivity index (χ0n) is 13.6. The van der Waals surface area contributed by atoms with E-state index in [-0.39, 0.29) is 5.54 Å². The number of aliphatic imine (C=N–C) groups is 1. The maximum Gasteiger partial charge on any atom is 0.194 e. The summed E-state index contributed by atoms with van der Waals surface area (Å²) in [5.74, 6) is 1.03. The van der Waals surface area contributed by atoms with Crippen LogP contribution in [0.1, 0.15) is 40.5 Å². The largest absolute Gasteiger partial charge is 0.377 e. The molecule has 0 aromatic carbocycles. The van der Waals surface area contributed by atoms with Crippen molar-refractivity contribution < 1.29 is 4.74 Å². The highest BCUT2D eigenvalue weighted by molar-refractivity contribution is 5.82. The van der Waals surface area contributed by atoms with E-state index in [0.717, 1.165) is 45.1 Å². The quantitative estimate of drug-likeness (QED) is 0.490. The number of rotatable bonds is 3. The van der Waals surface area contributed by atoms with Gasteiger partial charge < -0.3 is 15.0 Å². The number of guanidine groups is 1. The van der Waals surface area contributed by atoms with E-state index in [4.69, 9.17) is 4.74 Å². The zero-order valence-corrected chi connectivity index (χ0v) is 13.6. The summed E-state index contributed by atoms with van der Waals surface area (Å²) in [5.41, 5.74) is 2.00. The van der Waals surface area contributed by atoms with E-state index in [1.807, 2.05) is 7.05 Å². The number of likely N-dealkylation sites (tertiary alicyclic amines) is 1. The molecule has 20 heavy (non-hydrogen) atoms. The van der Waals surface area contributed by atoms with Gasteiger partial charge in [-0.15, -0.1) is 0 Å². The zero-order chi connectivity index (χ0) is 14.8. The molecule has 2 heterocycles. The van der Waals surface area contributed by atoms with Crippen LogP contribution in [0.4, 0.5) is 0 Å². The van der Waals surface area contributed by atoms with Crippen molar-refractivity contribution in [3.63, 3.8) is 0 Å². The van der Waals surface area contributed by atoms with Crippen molar-refractivity contribution in [1.82, 2.24) is 10.2 Å². The first-order valence-corrected chi connectivity index (χ1v) is 7.62. The Labute approximate surface area is 123 Å². The van der Waals surface area contributed by atoms with Crippen LogP contribution in [-0.4, -0.2) is 49.7 Å². The molecule has 2 rings (SSSR count). The van der Waals surface area contributed by atoms with E-state index in [0.29, 0.717) is 5.41 Å². The Hall–Kier alpha value is -1.03. The molecule has 1 fully saturated rings. The normalized spacial score (nSPS) is 24.9. The molecule has 0 aliphatic carbocycles. The summed E-state index contributed by atoms with van der Waals surface area (Å²) in [5, 5.41) is 3.51. The van der Waals surface area contributed by atoms with Gasteiger partial charge in [0.2, 0.25) is 0 Å². The van der Waals surface area contributed by atoms with E-state index in [1.54, 1.807) is 0 Å². The van der Waals surface area contributed by atoms with Gasteiger partial charge in [-0.05, 0) is 26.7 Å². The van der Waals surface area contributed by atoms with Crippen molar-refractivity contribution in [2.24, 2.45) is 10.4 Å². The first kappa shape index (κ1) is 15.4. The van der Waals surface area contributed by atoms with Crippen molar-refractivity contribution >= 4 is 5.96 Å². The first-order chi connectivity index (χ1) is 9.38. The summed E-state index contributed by atoms with van der Waals surface area (Å²) in [4.78, 5) is 6.82. The number of nitrogens with one attached hydrogen (secondary N) is 1. The van der Waals surface area contributed by atoms with Crippen molar-refractivity contribution in [2.45, 2.75) is 46.1 Å². The lowest BCUT2D eigenvalue weighted by Crippen LogP contribution is -2.72. The van der Waals surface area contributed by atoms with Crippen LogP contribution in [0, 0.1) is 5.41 Å². The lowest BCUT2D eigenvalue weighted by molar-refractivity contribution is -0.0666. The lowest BCUT2D eigenvalue weighted by atomic mass is 9.65. The van der Waals surface area contributed by atoms with Gasteiger partial charge in [-0.2, -0.15) is 0 Å². The van der Waals surface area contributed by atoms with E-state index < -0.39 is 0 Å². The fourth-order valence-electron chi connectivity index (χ4n) is 2.82. The minimum Gasteiger partial charge on any atom is -0.377 e. The van der Waals surface area contributed by atoms with Crippen LogP contribution in [-0.2, 0) is 4.74 Å². The maximum absolute atomic E-state index is 5.33. The molecule has 1 saturated heterocycles. The number of hydrogen-bond donors (Lipinski definition) is 1. The van der Waals surface area contributed by atoms with Gasteiger partial charge in [-0.1, -0.05) is 25.5 Å². The van der Waals surface area contributed by atoms with Gasteiger partial charge >= 0.3 is 0 Å².